The Hall–Kier alpha value is -1.61. The highest BCUT2D eigenvalue weighted by molar-refractivity contribution is 5.74. The summed E-state index contributed by atoms with van der Waals surface area (Å²) in [5, 5.41) is 0. The number of carbonyl (C=O) groups is 1. The standard InChI is InChI=1S/C21H27NO2/c1-15-4-6-16(7-5-15)13-22-10-2-3-19(22)14-24-21(23)20-12-17-8-9-18(20)11-17/h4-9,17-20H,2-3,10-14H2,1H3/t17-,18+,19+,20-/m1/s1. The lowest BCUT2D eigenvalue weighted by atomic mass is 9.94. The molecule has 1 saturated heterocycles. The zero-order chi connectivity index (χ0) is 16.5. The van der Waals surface area contributed by atoms with E-state index in [-0.39, 0.29) is 11.9 Å². The second-order valence-corrected chi connectivity index (χ2v) is 7.77. The number of ether oxygens (including phenoxy) is 1. The quantitative estimate of drug-likeness (QED) is 0.610. The first-order valence-corrected chi connectivity index (χ1v) is 9.33. The zero-order valence-corrected chi connectivity index (χ0v) is 14.5. The van der Waals surface area contributed by atoms with Crippen LogP contribution in [0.1, 0.15) is 36.8 Å². The van der Waals surface area contributed by atoms with Crippen LogP contribution in [0.5, 0.6) is 0 Å². The van der Waals surface area contributed by atoms with Crippen LogP contribution in [0.4, 0.5) is 0 Å². The first-order chi connectivity index (χ1) is 11.7. The summed E-state index contributed by atoms with van der Waals surface area (Å²) in [6.45, 7) is 4.74. The maximum absolute atomic E-state index is 12.4. The molecule has 3 aliphatic rings. The molecule has 0 aromatic heterocycles. The number of hydrogen-bond donors (Lipinski definition) is 0. The molecule has 2 bridgehead atoms. The van der Waals surface area contributed by atoms with Crippen molar-refractivity contribution in [2.75, 3.05) is 13.2 Å². The van der Waals surface area contributed by atoms with Crippen molar-refractivity contribution in [2.24, 2.45) is 17.8 Å². The highest BCUT2D eigenvalue weighted by atomic mass is 16.5. The number of allylic oxidation sites excluding steroid dienone is 2. The molecule has 3 nitrogen and oxygen atoms in total. The molecule has 2 fully saturated rings. The molecule has 4 atom stereocenters. The Morgan fingerprint density at radius 1 is 1.21 bits per heavy atom. The number of fused-ring (bicyclic) bond motifs is 2. The highest BCUT2D eigenvalue weighted by Crippen LogP contribution is 2.43. The number of carbonyl (C=O) groups excluding carboxylic acids is 1. The van der Waals surface area contributed by atoms with Crippen LogP contribution < -0.4 is 0 Å². The topological polar surface area (TPSA) is 29.5 Å². The summed E-state index contributed by atoms with van der Waals surface area (Å²) in [4.78, 5) is 14.9. The third-order valence-corrected chi connectivity index (χ3v) is 6.00. The minimum absolute atomic E-state index is 0.0361. The number of hydrogen-bond acceptors (Lipinski definition) is 3. The van der Waals surface area contributed by atoms with E-state index < -0.39 is 0 Å². The molecule has 0 amide bonds. The summed E-state index contributed by atoms with van der Waals surface area (Å²) < 4.78 is 5.74. The van der Waals surface area contributed by atoms with Gasteiger partial charge in [0.05, 0.1) is 5.92 Å². The van der Waals surface area contributed by atoms with Crippen LogP contribution in [0.3, 0.4) is 0 Å². The van der Waals surface area contributed by atoms with E-state index in [0.29, 0.717) is 24.5 Å². The lowest BCUT2D eigenvalue weighted by molar-refractivity contribution is -0.151. The van der Waals surface area contributed by atoms with E-state index in [1.165, 1.54) is 17.5 Å². The summed E-state index contributed by atoms with van der Waals surface area (Å²) in [6, 6.07) is 9.13. The average molecular weight is 325 g/mol. The van der Waals surface area contributed by atoms with E-state index >= 15 is 0 Å². The van der Waals surface area contributed by atoms with Crippen LogP contribution in [-0.4, -0.2) is 30.1 Å². The van der Waals surface area contributed by atoms with Crippen LogP contribution in [0.25, 0.3) is 0 Å². The van der Waals surface area contributed by atoms with E-state index in [1.807, 2.05) is 0 Å². The van der Waals surface area contributed by atoms with Crippen molar-refractivity contribution in [2.45, 2.75) is 45.2 Å². The molecule has 0 unspecified atom stereocenters. The van der Waals surface area contributed by atoms with Crippen molar-refractivity contribution < 1.29 is 9.53 Å². The third kappa shape index (κ3) is 3.27. The van der Waals surface area contributed by atoms with Gasteiger partial charge in [0.25, 0.3) is 0 Å². The number of rotatable bonds is 5. The first-order valence-electron chi connectivity index (χ1n) is 9.33. The predicted molar refractivity (Wildman–Crippen MR) is 94.4 cm³/mol. The highest BCUT2D eigenvalue weighted by Gasteiger charge is 2.41. The molecule has 0 radical (unpaired) electrons. The summed E-state index contributed by atoms with van der Waals surface area (Å²) in [5.74, 6) is 1.22. The predicted octanol–water partition coefficient (Wildman–Crippen LogP) is 3.71. The average Bonchev–Trinajstić information content (AvgIpc) is 3.31. The summed E-state index contributed by atoms with van der Waals surface area (Å²) in [5.41, 5.74) is 2.64. The Labute approximate surface area is 144 Å². The van der Waals surface area contributed by atoms with Gasteiger partial charge in [-0.3, -0.25) is 9.69 Å². The van der Waals surface area contributed by atoms with E-state index in [1.54, 1.807) is 0 Å². The molecule has 1 saturated carbocycles. The van der Waals surface area contributed by atoms with Gasteiger partial charge in [0.2, 0.25) is 0 Å². The van der Waals surface area contributed by atoms with Gasteiger partial charge in [-0.1, -0.05) is 42.0 Å². The fourth-order valence-electron chi connectivity index (χ4n) is 4.56. The van der Waals surface area contributed by atoms with Crippen LogP contribution in [-0.2, 0) is 16.1 Å². The molecular weight excluding hydrogens is 298 g/mol. The van der Waals surface area contributed by atoms with E-state index in [9.17, 15) is 4.79 Å². The van der Waals surface area contributed by atoms with Crippen molar-refractivity contribution in [3.05, 3.63) is 47.5 Å². The maximum atomic E-state index is 12.4. The second-order valence-electron chi connectivity index (χ2n) is 7.77. The normalized spacial score (nSPS) is 31.7. The van der Waals surface area contributed by atoms with Gasteiger partial charge in [0.1, 0.15) is 6.61 Å². The fraction of sp³-hybridized carbons (Fsp3) is 0.571. The van der Waals surface area contributed by atoms with Gasteiger partial charge in [0.15, 0.2) is 0 Å². The molecule has 2 aliphatic carbocycles. The molecule has 128 valence electrons. The Morgan fingerprint density at radius 2 is 2.04 bits per heavy atom. The van der Waals surface area contributed by atoms with Crippen LogP contribution >= 0.6 is 0 Å². The Morgan fingerprint density at radius 3 is 2.75 bits per heavy atom. The molecule has 3 heteroatoms. The smallest absolute Gasteiger partial charge is 0.309 e. The molecule has 4 rings (SSSR count). The number of aryl methyl sites for hydroxylation is 1. The van der Waals surface area contributed by atoms with Gasteiger partial charge in [-0.2, -0.15) is 0 Å². The van der Waals surface area contributed by atoms with Gasteiger partial charge in [-0.05, 0) is 56.6 Å². The third-order valence-electron chi connectivity index (χ3n) is 6.00. The van der Waals surface area contributed by atoms with Crippen molar-refractivity contribution in [3.63, 3.8) is 0 Å². The lowest BCUT2D eigenvalue weighted by Gasteiger charge is -2.25. The van der Waals surface area contributed by atoms with Gasteiger partial charge in [-0.25, -0.2) is 0 Å². The minimum atomic E-state index is 0.0361. The number of esters is 1. The fourth-order valence-corrected chi connectivity index (χ4v) is 4.56. The van der Waals surface area contributed by atoms with Crippen molar-refractivity contribution in [3.8, 4) is 0 Å². The lowest BCUT2D eigenvalue weighted by Crippen LogP contribution is -2.34. The van der Waals surface area contributed by atoms with Gasteiger partial charge in [-0.15, -0.1) is 0 Å². The maximum Gasteiger partial charge on any atom is 0.309 e. The molecule has 0 spiro atoms. The van der Waals surface area contributed by atoms with E-state index in [0.717, 1.165) is 32.4 Å². The molecule has 1 aromatic carbocycles. The first kappa shape index (κ1) is 15.9. The molecular formula is C21H27NO2. The van der Waals surface area contributed by atoms with Gasteiger partial charge in [0, 0.05) is 12.6 Å². The molecule has 1 heterocycles. The van der Waals surface area contributed by atoms with Crippen molar-refractivity contribution in [1.29, 1.82) is 0 Å². The van der Waals surface area contributed by atoms with E-state index in [4.69, 9.17) is 4.74 Å². The Balaban J connectivity index is 1.30. The number of benzene rings is 1. The minimum Gasteiger partial charge on any atom is -0.464 e. The number of likely N-dealkylation sites (tertiary alicyclic amines) is 1. The Bertz CT molecular complexity index is 621. The molecule has 24 heavy (non-hydrogen) atoms. The summed E-state index contributed by atoms with van der Waals surface area (Å²) in [7, 11) is 0. The van der Waals surface area contributed by atoms with E-state index in [2.05, 4.69) is 48.2 Å². The summed E-state index contributed by atoms with van der Waals surface area (Å²) in [6.07, 6.45) is 8.98. The van der Waals surface area contributed by atoms with Crippen molar-refractivity contribution in [1.82, 2.24) is 4.90 Å². The molecule has 1 aliphatic heterocycles. The second kappa shape index (κ2) is 6.72. The van der Waals surface area contributed by atoms with Crippen molar-refractivity contribution >= 4 is 5.97 Å². The summed E-state index contributed by atoms with van der Waals surface area (Å²) >= 11 is 0. The largest absolute Gasteiger partial charge is 0.464 e. The zero-order valence-electron chi connectivity index (χ0n) is 14.5. The number of nitrogens with zero attached hydrogens (tertiary/aromatic N) is 1. The molecule has 0 N–H and O–H groups in total. The SMILES string of the molecule is Cc1ccc(CN2CCC[C@H]2COC(=O)[C@@H]2C[C@@H]3C=C[C@H]2C3)cc1. The Kier molecular flexibility index (Phi) is 4.45. The van der Waals surface area contributed by atoms with Crippen LogP contribution in [0, 0.1) is 24.7 Å². The monoisotopic (exact) mass is 325 g/mol. The van der Waals surface area contributed by atoms with Crippen LogP contribution in [0.15, 0.2) is 36.4 Å². The molecule has 1 aromatic rings. The van der Waals surface area contributed by atoms with Gasteiger partial charge >= 0.3 is 5.97 Å². The van der Waals surface area contributed by atoms with Crippen LogP contribution in [0.2, 0.25) is 0 Å². The van der Waals surface area contributed by atoms with Gasteiger partial charge < -0.3 is 4.74 Å².